The summed E-state index contributed by atoms with van der Waals surface area (Å²) in [4.78, 5) is 0. The molecule has 3 N–H and O–H groups in total. The molecule has 0 saturated heterocycles. The van der Waals surface area contributed by atoms with E-state index in [1.807, 2.05) is 37.3 Å². The average Bonchev–Trinajstić information content (AvgIpc) is 2.86. The Labute approximate surface area is 109 Å². The molecule has 0 bridgehead atoms. The number of fused-ring (bicyclic) bond motifs is 1. The van der Waals surface area contributed by atoms with Crippen LogP contribution in [-0.4, -0.2) is 25.3 Å². The molecule has 1 atom stereocenters. The fourth-order valence-corrected chi connectivity index (χ4v) is 1.93. The Balaban J connectivity index is 1.86. The van der Waals surface area contributed by atoms with Gasteiger partial charge in [0.15, 0.2) is 5.65 Å². The molecule has 3 rings (SSSR count). The number of hydrogen-bond acceptors (Lipinski definition) is 6. The Morgan fingerprint density at radius 1 is 1.21 bits per heavy atom. The van der Waals surface area contributed by atoms with Crippen LogP contribution in [0, 0.1) is 0 Å². The van der Waals surface area contributed by atoms with Gasteiger partial charge in [0, 0.05) is 5.69 Å². The van der Waals surface area contributed by atoms with Gasteiger partial charge in [0.25, 0.3) is 0 Å². The molecular weight excluding hydrogens is 242 g/mol. The van der Waals surface area contributed by atoms with E-state index in [-0.39, 0.29) is 6.04 Å². The molecule has 0 fully saturated rings. The zero-order valence-corrected chi connectivity index (χ0v) is 10.4. The number of hydrogen-bond donors (Lipinski definition) is 2. The Kier molecular flexibility index (Phi) is 2.71. The van der Waals surface area contributed by atoms with Crippen molar-refractivity contribution >= 4 is 17.2 Å². The molecule has 0 amide bonds. The highest BCUT2D eigenvalue weighted by atomic mass is 15.6. The van der Waals surface area contributed by atoms with Crippen LogP contribution in [0.2, 0.25) is 0 Å². The molecule has 19 heavy (non-hydrogen) atoms. The third-order valence-corrected chi connectivity index (χ3v) is 2.90. The van der Waals surface area contributed by atoms with Gasteiger partial charge in [-0.2, -0.15) is 0 Å². The number of nitrogens with two attached hydrogens (primary N) is 1. The highest BCUT2D eigenvalue weighted by Gasteiger charge is 2.09. The van der Waals surface area contributed by atoms with Crippen molar-refractivity contribution in [2.24, 2.45) is 0 Å². The van der Waals surface area contributed by atoms with E-state index in [0.717, 1.165) is 11.3 Å². The maximum absolute atomic E-state index is 5.95. The van der Waals surface area contributed by atoms with Gasteiger partial charge >= 0.3 is 0 Å². The van der Waals surface area contributed by atoms with E-state index in [4.69, 9.17) is 5.73 Å². The number of benzene rings is 1. The highest BCUT2D eigenvalue weighted by Crippen LogP contribution is 2.22. The number of para-hydroxylation sites is 1. The number of nitrogens with zero attached hydrogens (tertiary/aromatic N) is 5. The van der Waals surface area contributed by atoms with Gasteiger partial charge < -0.3 is 11.1 Å². The van der Waals surface area contributed by atoms with Gasteiger partial charge in [0.2, 0.25) is 0 Å². The van der Waals surface area contributed by atoms with Gasteiger partial charge in [-0.15, -0.1) is 14.8 Å². The van der Waals surface area contributed by atoms with E-state index >= 15 is 0 Å². The molecule has 7 nitrogen and oxygen atoms in total. The quantitative estimate of drug-likeness (QED) is 0.684. The first-order valence-electron chi connectivity index (χ1n) is 5.90. The summed E-state index contributed by atoms with van der Waals surface area (Å²) in [6.45, 7) is 2.02. The predicted molar refractivity (Wildman–Crippen MR) is 71.5 cm³/mol. The SMILES string of the molecule is CC(Nc1ccc2nnnn2n1)c1ccccc1N. The Bertz CT molecular complexity index is 706. The zero-order chi connectivity index (χ0) is 13.2. The highest BCUT2D eigenvalue weighted by molar-refractivity contribution is 5.51. The van der Waals surface area contributed by atoms with Crippen LogP contribution in [0.5, 0.6) is 0 Å². The van der Waals surface area contributed by atoms with Crippen molar-refractivity contribution < 1.29 is 0 Å². The lowest BCUT2D eigenvalue weighted by molar-refractivity contribution is 0.728. The van der Waals surface area contributed by atoms with Crippen molar-refractivity contribution in [3.05, 3.63) is 42.0 Å². The number of rotatable bonds is 3. The van der Waals surface area contributed by atoms with Gasteiger partial charge in [-0.3, -0.25) is 0 Å². The first kappa shape index (κ1) is 11.4. The van der Waals surface area contributed by atoms with Crippen molar-refractivity contribution in [1.29, 1.82) is 0 Å². The summed E-state index contributed by atoms with van der Waals surface area (Å²) in [6, 6.07) is 11.4. The minimum absolute atomic E-state index is 0.0441. The van der Waals surface area contributed by atoms with E-state index < -0.39 is 0 Å². The number of nitrogen functional groups attached to an aromatic ring is 1. The molecule has 3 aromatic rings. The maximum Gasteiger partial charge on any atom is 0.200 e. The van der Waals surface area contributed by atoms with Gasteiger partial charge in [-0.05, 0) is 41.1 Å². The van der Waals surface area contributed by atoms with Crippen molar-refractivity contribution in [2.75, 3.05) is 11.1 Å². The van der Waals surface area contributed by atoms with Crippen molar-refractivity contribution in [2.45, 2.75) is 13.0 Å². The summed E-state index contributed by atoms with van der Waals surface area (Å²) in [6.07, 6.45) is 0. The molecule has 0 aliphatic rings. The second kappa shape index (κ2) is 4.52. The summed E-state index contributed by atoms with van der Waals surface area (Å²) in [5.74, 6) is 0.690. The van der Waals surface area contributed by atoms with E-state index in [0.29, 0.717) is 11.5 Å². The summed E-state index contributed by atoms with van der Waals surface area (Å²) >= 11 is 0. The van der Waals surface area contributed by atoms with E-state index in [1.54, 1.807) is 6.07 Å². The maximum atomic E-state index is 5.95. The van der Waals surface area contributed by atoms with Gasteiger partial charge in [-0.25, -0.2) is 0 Å². The smallest absolute Gasteiger partial charge is 0.200 e. The number of nitrogens with one attached hydrogen (secondary N) is 1. The topological polar surface area (TPSA) is 94.0 Å². The van der Waals surface area contributed by atoms with Crippen LogP contribution >= 0.6 is 0 Å². The van der Waals surface area contributed by atoms with Gasteiger partial charge in [-0.1, -0.05) is 18.2 Å². The molecule has 2 aromatic heterocycles. The lowest BCUT2D eigenvalue weighted by atomic mass is 10.1. The normalized spacial score (nSPS) is 12.5. The van der Waals surface area contributed by atoms with Crippen LogP contribution in [-0.2, 0) is 0 Å². The predicted octanol–water partition coefficient (Wildman–Crippen LogP) is 1.27. The van der Waals surface area contributed by atoms with Crippen molar-refractivity contribution in [3.8, 4) is 0 Å². The average molecular weight is 255 g/mol. The zero-order valence-electron chi connectivity index (χ0n) is 10.4. The van der Waals surface area contributed by atoms with Gasteiger partial charge in [0.1, 0.15) is 5.82 Å². The minimum Gasteiger partial charge on any atom is -0.398 e. The molecule has 0 radical (unpaired) electrons. The number of anilines is 2. The summed E-state index contributed by atoms with van der Waals surface area (Å²) in [7, 11) is 0. The van der Waals surface area contributed by atoms with Crippen molar-refractivity contribution in [3.63, 3.8) is 0 Å². The molecule has 0 spiro atoms. The number of aromatic nitrogens is 5. The first-order valence-corrected chi connectivity index (χ1v) is 5.90. The standard InChI is InChI=1S/C12H13N7/c1-8(9-4-2-3-5-10(9)13)14-11-6-7-12-15-17-18-19(12)16-11/h2-8H,13H2,1H3,(H,14,16). The molecular formula is C12H13N7. The Hall–Kier alpha value is -2.70. The van der Waals surface area contributed by atoms with Crippen LogP contribution in [0.4, 0.5) is 11.5 Å². The van der Waals surface area contributed by atoms with E-state index in [9.17, 15) is 0 Å². The lowest BCUT2D eigenvalue weighted by Gasteiger charge is -2.16. The Morgan fingerprint density at radius 3 is 2.89 bits per heavy atom. The molecule has 0 saturated carbocycles. The van der Waals surface area contributed by atoms with Crippen LogP contribution in [0.1, 0.15) is 18.5 Å². The lowest BCUT2D eigenvalue weighted by Crippen LogP contribution is -2.11. The van der Waals surface area contributed by atoms with Crippen LogP contribution < -0.4 is 11.1 Å². The van der Waals surface area contributed by atoms with Gasteiger partial charge in [0.05, 0.1) is 6.04 Å². The molecule has 1 aromatic carbocycles. The second-order valence-electron chi connectivity index (χ2n) is 4.24. The fourth-order valence-electron chi connectivity index (χ4n) is 1.93. The largest absolute Gasteiger partial charge is 0.398 e. The summed E-state index contributed by atoms with van der Waals surface area (Å²) in [5.41, 5.74) is 8.34. The Morgan fingerprint density at radius 2 is 2.05 bits per heavy atom. The number of tetrazole rings is 1. The molecule has 7 heteroatoms. The van der Waals surface area contributed by atoms with Crippen LogP contribution in [0.15, 0.2) is 36.4 Å². The van der Waals surface area contributed by atoms with Crippen LogP contribution in [0.25, 0.3) is 5.65 Å². The third kappa shape index (κ3) is 2.17. The molecule has 0 aliphatic carbocycles. The molecule has 96 valence electrons. The summed E-state index contributed by atoms with van der Waals surface area (Å²) < 4.78 is 1.38. The van der Waals surface area contributed by atoms with Crippen LogP contribution in [0.3, 0.4) is 0 Å². The first-order chi connectivity index (χ1) is 9.24. The molecule has 0 aliphatic heterocycles. The monoisotopic (exact) mass is 255 g/mol. The third-order valence-electron chi connectivity index (χ3n) is 2.90. The van der Waals surface area contributed by atoms with E-state index in [2.05, 4.69) is 25.9 Å². The summed E-state index contributed by atoms with van der Waals surface area (Å²) in [5, 5.41) is 18.6. The fraction of sp³-hybridized carbons (Fsp3) is 0.167. The second-order valence-corrected chi connectivity index (χ2v) is 4.24. The molecule has 1 unspecified atom stereocenters. The van der Waals surface area contributed by atoms with E-state index in [1.165, 1.54) is 4.63 Å². The molecule has 2 heterocycles. The van der Waals surface area contributed by atoms with Crippen molar-refractivity contribution in [1.82, 2.24) is 25.3 Å². The minimum atomic E-state index is 0.0441.